The zero-order valence-electron chi connectivity index (χ0n) is 13.1. The van der Waals surface area contributed by atoms with Crippen LogP contribution in [0.4, 0.5) is 0 Å². The second-order valence-electron chi connectivity index (χ2n) is 6.27. The van der Waals surface area contributed by atoms with Crippen molar-refractivity contribution < 1.29 is 19.1 Å². The lowest BCUT2D eigenvalue weighted by molar-refractivity contribution is -0.161. The fourth-order valence-corrected chi connectivity index (χ4v) is 2.09. The normalized spacial score (nSPS) is 14.8. The van der Waals surface area contributed by atoms with Crippen molar-refractivity contribution in [2.75, 3.05) is 6.61 Å². The second kappa shape index (κ2) is 6.46. The molecule has 2 aromatic rings. The number of oxazole rings is 1. The Labute approximate surface area is 129 Å². The van der Waals surface area contributed by atoms with Gasteiger partial charge in [-0.15, -0.1) is 0 Å². The van der Waals surface area contributed by atoms with Gasteiger partial charge in [-0.2, -0.15) is 0 Å². The minimum absolute atomic E-state index is 0.207. The van der Waals surface area contributed by atoms with Gasteiger partial charge in [-0.3, -0.25) is 4.79 Å². The van der Waals surface area contributed by atoms with Crippen LogP contribution in [0.5, 0.6) is 0 Å². The number of fused-ring (bicyclic) bond motifs is 1. The molecule has 6 nitrogen and oxygen atoms in total. The molecule has 120 valence electrons. The quantitative estimate of drug-likeness (QED) is 0.821. The minimum atomic E-state index is -0.704. The Morgan fingerprint density at radius 1 is 1.41 bits per heavy atom. The topological polar surface area (TPSA) is 98.6 Å². The fourth-order valence-electron chi connectivity index (χ4n) is 2.09. The average Bonchev–Trinajstić information content (AvgIpc) is 2.86. The highest BCUT2D eigenvalue weighted by Gasteiger charge is 2.28. The van der Waals surface area contributed by atoms with Crippen molar-refractivity contribution in [3.63, 3.8) is 0 Å². The van der Waals surface area contributed by atoms with Crippen molar-refractivity contribution in [3.8, 4) is 0 Å². The maximum absolute atomic E-state index is 12.0. The Balaban J connectivity index is 2.08. The zero-order chi connectivity index (χ0) is 16.3. The van der Waals surface area contributed by atoms with Crippen molar-refractivity contribution in [2.24, 2.45) is 11.7 Å². The van der Waals surface area contributed by atoms with E-state index in [0.29, 0.717) is 17.0 Å². The molecule has 6 heteroatoms. The molecule has 0 amide bonds. The monoisotopic (exact) mass is 306 g/mol. The molecular formula is C16H22N2O4. The van der Waals surface area contributed by atoms with Gasteiger partial charge in [0.2, 0.25) is 5.89 Å². The number of rotatable bonds is 5. The molecule has 0 bridgehead atoms. The van der Waals surface area contributed by atoms with Gasteiger partial charge in [-0.1, -0.05) is 12.1 Å². The van der Waals surface area contributed by atoms with E-state index in [4.69, 9.17) is 14.9 Å². The third-order valence-corrected chi connectivity index (χ3v) is 3.13. The molecule has 3 N–H and O–H groups in total. The van der Waals surface area contributed by atoms with E-state index in [0.717, 1.165) is 0 Å². The summed E-state index contributed by atoms with van der Waals surface area (Å²) in [6.45, 7) is 5.00. The largest absolute Gasteiger partial charge is 0.460 e. The first-order valence-electron chi connectivity index (χ1n) is 7.25. The number of carbonyl (C=O) groups is 1. The highest BCUT2D eigenvalue weighted by atomic mass is 16.6. The summed E-state index contributed by atoms with van der Waals surface area (Å²) in [6, 6.07) is 6.75. The van der Waals surface area contributed by atoms with Gasteiger partial charge in [0.25, 0.3) is 0 Å². The molecule has 0 aliphatic carbocycles. The third-order valence-electron chi connectivity index (χ3n) is 3.13. The lowest BCUT2D eigenvalue weighted by atomic mass is 10.0. The van der Waals surface area contributed by atoms with Crippen LogP contribution in [-0.4, -0.2) is 28.3 Å². The van der Waals surface area contributed by atoms with E-state index in [9.17, 15) is 9.90 Å². The molecule has 0 saturated heterocycles. The summed E-state index contributed by atoms with van der Waals surface area (Å²) in [7, 11) is 0. The summed E-state index contributed by atoms with van der Waals surface area (Å²) in [5, 5.41) is 9.42. The average molecular weight is 306 g/mol. The van der Waals surface area contributed by atoms with Gasteiger partial charge < -0.3 is 20.0 Å². The van der Waals surface area contributed by atoms with Gasteiger partial charge in [0.15, 0.2) is 5.58 Å². The van der Waals surface area contributed by atoms with E-state index in [1.54, 1.807) is 26.8 Å². The van der Waals surface area contributed by atoms with Gasteiger partial charge in [0, 0.05) is 0 Å². The molecule has 0 fully saturated rings. The van der Waals surface area contributed by atoms with Crippen LogP contribution < -0.4 is 5.73 Å². The number of aromatic nitrogens is 1. The number of nitrogens with zero attached hydrogens (tertiary/aromatic N) is 1. The number of nitrogens with two attached hydrogens (primary N) is 1. The van der Waals surface area contributed by atoms with Crippen LogP contribution in [-0.2, 0) is 9.53 Å². The van der Waals surface area contributed by atoms with Crippen LogP contribution in [0.1, 0.15) is 39.1 Å². The number of carbonyl (C=O) groups excluding carboxylic acids is 1. The molecule has 1 heterocycles. The van der Waals surface area contributed by atoms with Crippen molar-refractivity contribution in [1.29, 1.82) is 0 Å². The summed E-state index contributed by atoms with van der Waals surface area (Å²) >= 11 is 0. The van der Waals surface area contributed by atoms with Crippen LogP contribution in [0.3, 0.4) is 0 Å². The highest BCUT2D eigenvalue weighted by Crippen LogP contribution is 2.24. The Hall–Kier alpha value is -1.92. The number of aliphatic hydroxyl groups excluding tert-OH is 1. The Kier molecular flexibility index (Phi) is 4.83. The summed E-state index contributed by atoms with van der Waals surface area (Å²) in [5.41, 5.74) is 6.81. The molecule has 1 aromatic heterocycles. The van der Waals surface area contributed by atoms with E-state index < -0.39 is 23.5 Å². The second-order valence-corrected chi connectivity index (χ2v) is 6.27. The summed E-state index contributed by atoms with van der Waals surface area (Å²) in [5.74, 6) is -0.825. The Bertz CT molecular complexity index is 612. The summed E-state index contributed by atoms with van der Waals surface area (Å²) in [6.07, 6.45) is 0.207. The molecule has 0 aliphatic heterocycles. The SMILES string of the molecule is CC(C)(C)OC(=O)C(CO)CC(N)c1nc2ccccc2o1. The zero-order valence-corrected chi connectivity index (χ0v) is 13.1. The summed E-state index contributed by atoms with van der Waals surface area (Å²) < 4.78 is 10.9. The number of aliphatic hydroxyl groups is 1. The molecule has 0 saturated carbocycles. The predicted octanol–water partition coefficient (Wildman–Crippen LogP) is 2.17. The smallest absolute Gasteiger partial charge is 0.311 e. The molecule has 2 atom stereocenters. The van der Waals surface area contributed by atoms with Gasteiger partial charge >= 0.3 is 5.97 Å². The van der Waals surface area contributed by atoms with Crippen LogP contribution in [0, 0.1) is 5.92 Å². The minimum Gasteiger partial charge on any atom is -0.460 e. The Morgan fingerprint density at radius 2 is 2.09 bits per heavy atom. The van der Waals surface area contributed by atoms with Crippen molar-refractivity contribution in [2.45, 2.75) is 38.8 Å². The van der Waals surface area contributed by atoms with Gasteiger partial charge in [0.1, 0.15) is 11.1 Å². The molecule has 2 unspecified atom stereocenters. The van der Waals surface area contributed by atoms with Crippen LogP contribution in [0.15, 0.2) is 28.7 Å². The first-order chi connectivity index (χ1) is 10.3. The number of benzene rings is 1. The van der Waals surface area contributed by atoms with Crippen molar-refractivity contribution >= 4 is 17.1 Å². The van der Waals surface area contributed by atoms with E-state index in [-0.39, 0.29) is 13.0 Å². The van der Waals surface area contributed by atoms with E-state index in [1.807, 2.05) is 18.2 Å². The molecular weight excluding hydrogens is 284 g/mol. The highest BCUT2D eigenvalue weighted by molar-refractivity contribution is 5.73. The number of ether oxygens (including phenoxy) is 1. The van der Waals surface area contributed by atoms with Gasteiger partial charge in [0.05, 0.1) is 18.6 Å². The van der Waals surface area contributed by atoms with E-state index in [2.05, 4.69) is 4.98 Å². The molecule has 0 spiro atoms. The van der Waals surface area contributed by atoms with Crippen LogP contribution >= 0.6 is 0 Å². The summed E-state index contributed by atoms with van der Waals surface area (Å²) in [4.78, 5) is 16.3. The lowest BCUT2D eigenvalue weighted by Gasteiger charge is -2.23. The van der Waals surface area contributed by atoms with Crippen molar-refractivity contribution in [3.05, 3.63) is 30.2 Å². The Morgan fingerprint density at radius 3 is 2.68 bits per heavy atom. The molecule has 1 aromatic carbocycles. The van der Waals surface area contributed by atoms with Gasteiger partial charge in [-0.05, 0) is 39.3 Å². The molecule has 2 rings (SSSR count). The van der Waals surface area contributed by atoms with Gasteiger partial charge in [-0.25, -0.2) is 4.98 Å². The number of hydrogen-bond acceptors (Lipinski definition) is 6. The fraction of sp³-hybridized carbons (Fsp3) is 0.500. The van der Waals surface area contributed by atoms with E-state index in [1.165, 1.54) is 0 Å². The lowest BCUT2D eigenvalue weighted by Crippen LogP contribution is -2.32. The molecule has 22 heavy (non-hydrogen) atoms. The predicted molar refractivity (Wildman–Crippen MR) is 82.0 cm³/mol. The first kappa shape index (κ1) is 16.5. The third kappa shape index (κ3) is 4.05. The van der Waals surface area contributed by atoms with Crippen LogP contribution in [0.2, 0.25) is 0 Å². The van der Waals surface area contributed by atoms with Crippen molar-refractivity contribution in [1.82, 2.24) is 4.98 Å². The first-order valence-corrected chi connectivity index (χ1v) is 7.25. The maximum Gasteiger partial charge on any atom is 0.311 e. The number of hydrogen-bond donors (Lipinski definition) is 2. The van der Waals surface area contributed by atoms with Crippen LogP contribution in [0.25, 0.3) is 11.1 Å². The molecule has 0 radical (unpaired) electrons. The maximum atomic E-state index is 12.0. The number of para-hydroxylation sites is 2. The number of esters is 1. The van der Waals surface area contributed by atoms with E-state index >= 15 is 0 Å². The standard InChI is InChI=1S/C16H22N2O4/c1-16(2,3)22-15(20)10(9-19)8-11(17)14-18-12-6-4-5-7-13(12)21-14/h4-7,10-11,19H,8-9,17H2,1-3H3. The molecule has 0 aliphatic rings.